The Morgan fingerprint density at radius 3 is 2.64 bits per heavy atom. The Kier molecular flexibility index (Phi) is 6.22. The third kappa shape index (κ3) is 4.52. The molecule has 1 aliphatic rings. The Bertz CT molecular complexity index is 989. The molecule has 3 heterocycles. The molecule has 3 aromatic rings. The molecule has 0 spiro atoms. The van der Waals surface area contributed by atoms with Crippen molar-refractivity contribution >= 4 is 35.3 Å². The second-order valence-corrected chi connectivity index (χ2v) is 9.38. The largest absolute Gasteiger partial charge is 0.338 e. The van der Waals surface area contributed by atoms with Gasteiger partial charge in [0.25, 0.3) is 0 Å². The van der Waals surface area contributed by atoms with Crippen LogP contribution in [0.2, 0.25) is 0 Å². The van der Waals surface area contributed by atoms with Crippen LogP contribution < -0.4 is 0 Å². The SMILES string of the molecule is CSc1nn(CN2CCN(Cc3nc(-c4ccccc4C)no3)CC2)c(=S)s1. The molecule has 0 N–H and O–H groups in total. The fraction of sp³-hybridized carbons (Fsp3) is 0.444. The maximum atomic E-state index is 5.48. The van der Waals surface area contributed by atoms with Crippen molar-refractivity contribution in [1.29, 1.82) is 0 Å². The minimum Gasteiger partial charge on any atom is -0.338 e. The lowest BCUT2D eigenvalue weighted by Gasteiger charge is -2.33. The van der Waals surface area contributed by atoms with Crippen molar-refractivity contribution in [3.8, 4) is 11.4 Å². The van der Waals surface area contributed by atoms with Crippen LogP contribution >= 0.6 is 35.3 Å². The molecule has 1 aromatic carbocycles. The van der Waals surface area contributed by atoms with E-state index in [4.69, 9.17) is 16.7 Å². The van der Waals surface area contributed by atoms with Crippen LogP contribution in [0.4, 0.5) is 0 Å². The van der Waals surface area contributed by atoms with Gasteiger partial charge in [-0.3, -0.25) is 9.80 Å². The molecule has 7 nitrogen and oxygen atoms in total. The molecule has 28 heavy (non-hydrogen) atoms. The third-order valence-electron chi connectivity index (χ3n) is 4.77. The van der Waals surface area contributed by atoms with Crippen molar-refractivity contribution < 1.29 is 4.52 Å². The van der Waals surface area contributed by atoms with Crippen molar-refractivity contribution in [2.75, 3.05) is 32.4 Å². The molecule has 148 valence electrons. The van der Waals surface area contributed by atoms with E-state index in [1.165, 1.54) is 0 Å². The summed E-state index contributed by atoms with van der Waals surface area (Å²) in [5.74, 6) is 1.33. The first kappa shape index (κ1) is 19.7. The Morgan fingerprint density at radius 1 is 1.18 bits per heavy atom. The van der Waals surface area contributed by atoms with E-state index in [9.17, 15) is 0 Å². The van der Waals surface area contributed by atoms with E-state index in [0.29, 0.717) is 18.3 Å². The molecule has 1 fully saturated rings. The first-order valence-corrected chi connectivity index (χ1v) is 11.5. The van der Waals surface area contributed by atoms with Gasteiger partial charge in [-0.15, -0.1) is 0 Å². The fourth-order valence-corrected chi connectivity index (χ4v) is 4.92. The van der Waals surface area contributed by atoms with Gasteiger partial charge in [0.05, 0.1) is 13.2 Å². The predicted octanol–water partition coefficient (Wildman–Crippen LogP) is 3.53. The Hall–Kier alpha value is -1.59. The van der Waals surface area contributed by atoms with Crippen LogP contribution in [-0.4, -0.2) is 62.2 Å². The van der Waals surface area contributed by atoms with Crippen LogP contribution in [0.3, 0.4) is 0 Å². The van der Waals surface area contributed by atoms with Gasteiger partial charge >= 0.3 is 0 Å². The van der Waals surface area contributed by atoms with Crippen molar-refractivity contribution in [3.63, 3.8) is 0 Å². The number of aromatic nitrogens is 4. The molecule has 0 amide bonds. The van der Waals surface area contributed by atoms with Gasteiger partial charge < -0.3 is 4.52 Å². The van der Waals surface area contributed by atoms with E-state index < -0.39 is 0 Å². The zero-order chi connectivity index (χ0) is 19.5. The molecule has 1 aliphatic heterocycles. The van der Waals surface area contributed by atoms with E-state index in [-0.39, 0.29) is 0 Å². The molecule has 0 unspecified atom stereocenters. The van der Waals surface area contributed by atoms with Crippen LogP contribution in [-0.2, 0) is 13.2 Å². The summed E-state index contributed by atoms with van der Waals surface area (Å²) in [6.45, 7) is 7.33. The molecular weight excluding hydrogens is 412 g/mol. The fourth-order valence-electron chi connectivity index (χ4n) is 3.18. The maximum absolute atomic E-state index is 5.48. The van der Waals surface area contributed by atoms with Gasteiger partial charge in [0.1, 0.15) is 0 Å². The monoisotopic (exact) mass is 434 g/mol. The molecule has 0 atom stereocenters. The average Bonchev–Trinajstić information content (AvgIpc) is 3.30. The topological polar surface area (TPSA) is 63.2 Å². The molecule has 4 rings (SSSR count). The van der Waals surface area contributed by atoms with Gasteiger partial charge in [0, 0.05) is 31.7 Å². The zero-order valence-electron chi connectivity index (χ0n) is 15.9. The Morgan fingerprint density at radius 2 is 1.93 bits per heavy atom. The summed E-state index contributed by atoms with van der Waals surface area (Å²) in [7, 11) is 0. The molecule has 1 saturated heterocycles. The van der Waals surface area contributed by atoms with Crippen molar-refractivity contribution in [2.45, 2.75) is 24.5 Å². The Balaban J connectivity index is 1.32. The summed E-state index contributed by atoms with van der Waals surface area (Å²) >= 11 is 8.62. The number of nitrogens with zero attached hydrogens (tertiary/aromatic N) is 6. The first-order chi connectivity index (χ1) is 13.6. The molecule has 0 bridgehead atoms. The molecular formula is C18H22N6OS3. The molecule has 10 heteroatoms. The highest BCUT2D eigenvalue weighted by Gasteiger charge is 2.20. The molecule has 0 aliphatic carbocycles. The number of benzene rings is 1. The minimum absolute atomic E-state index is 0.661. The number of thioether (sulfide) groups is 1. The van der Waals surface area contributed by atoms with Crippen molar-refractivity contribution in [3.05, 3.63) is 39.7 Å². The summed E-state index contributed by atoms with van der Waals surface area (Å²) in [4.78, 5) is 9.31. The quantitative estimate of drug-likeness (QED) is 0.431. The second-order valence-electron chi connectivity index (χ2n) is 6.70. The van der Waals surface area contributed by atoms with Gasteiger partial charge in [-0.1, -0.05) is 52.5 Å². The van der Waals surface area contributed by atoms with Gasteiger partial charge in [0.15, 0.2) is 8.29 Å². The van der Waals surface area contributed by atoms with Gasteiger partial charge in [-0.2, -0.15) is 10.1 Å². The van der Waals surface area contributed by atoms with E-state index in [2.05, 4.69) is 38.0 Å². The summed E-state index contributed by atoms with van der Waals surface area (Å²) in [6, 6.07) is 8.09. The molecule has 0 radical (unpaired) electrons. The highest BCUT2D eigenvalue weighted by molar-refractivity contribution is 8.00. The smallest absolute Gasteiger partial charge is 0.241 e. The Labute approximate surface area is 177 Å². The number of aryl methyl sites for hydroxylation is 1. The van der Waals surface area contributed by atoms with Crippen LogP contribution in [0.5, 0.6) is 0 Å². The summed E-state index contributed by atoms with van der Waals surface area (Å²) in [5.41, 5.74) is 2.17. The summed E-state index contributed by atoms with van der Waals surface area (Å²) < 4.78 is 9.26. The van der Waals surface area contributed by atoms with Gasteiger partial charge in [-0.25, -0.2) is 4.68 Å². The first-order valence-electron chi connectivity index (χ1n) is 9.07. The predicted molar refractivity (Wildman–Crippen MR) is 114 cm³/mol. The normalized spacial score (nSPS) is 15.9. The maximum Gasteiger partial charge on any atom is 0.241 e. The van der Waals surface area contributed by atoms with E-state index >= 15 is 0 Å². The van der Waals surface area contributed by atoms with E-state index in [1.807, 2.05) is 29.1 Å². The van der Waals surface area contributed by atoms with Gasteiger partial charge in [-0.05, 0) is 31.0 Å². The van der Waals surface area contributed by atoms with Crippen LogP contribution in [0, 0.1) is 10.9 Å². The standard InChI is InChI=1S/C18H22N6OS3/c1-13-5-3-4-6-14(13)16-19-15(25-21-16)11-22-7-9-23(10-8-22)12-24-18(26)28-17(20-24)27-2/h3-6H,7-12H2,1-2H3. The van der Waals surface area contributed by atoms with Gasteiger partial charge in [0.2, 0.25) is 11.7 Å². The number of rotatable bonds is 6. The lowest BCUT2D eigenvalue weighted by molar-refractivity contribution is 0.0907. The number of hydrogen-bond acceptors (Lipinski definition) is 9. The lowest BCUT2D eigenvalue weighted by Crippen LogP contribution is -2.46. The third-order valence-corrected chi connectivity index (χ3v) is 7.06. The van der Waals surface area contributed by atoms with E-state index in [0.717, 1.165) is 52.3 Å². The van der Waals surface area contributed by atoms with Crippen molar-refractivity contribution in [1.82, 2.24) is 29.7 Å². The highest BCUT2D eigenvalue weighted by Crippen LogP contribution is 2.21. The highest BCUT2D eigenvalue weighted by atomic mass is 32.2. The number of piperazine rings is 1. The van der Waals surface area contributed by atoms with Crippen LogP contribution in [0.15, 0.2) is 33.1 Å². The molecule has 0 saturated carbocycles. The summed E-state index contributed by atoms with van der Waals surface area (Å²) in [6.07, 6.45) is 2.03. The van der Waals surface area contributed by atoms with Crippen LogP contribution in [0.25, 0.3) is 11.4 Å². The van der Waals surface area contributed by atoms with Crippen molar-refractivity contribution in [2.24, 2.45) is 0 Å². The molecule has 2 aromatic heterocycles. The zero-order valence-corrected chi connectivity index (χ0v) is 18.3. The second kappa shape index (κ2) is 8.83. The van der Waals surface area contributed by atoms with E-state index in [1.54, 1.807) is 23.1 Å². The minimum atomic E-state index is 0.661. The lowest BCUT2D eigenvalue weighted by atomic mass is 10.1. The summed E-state index contributed by atoms with van der Waals surface area (Å²) in [5, 5.41) is 8.71. The number of hydrogen-bond donors (Lipinski definition) is 0. The average molecular weight is 435 g/mol. The van der Waals surface area contributed by atoms with Crippen LogP contribution in [0.1, 0.15) is 11.5 Å².